The van der Waals surface area contributed by atoms with Gasteiger partial charge in [-0.1, -0.05) is 12.1 Å². The first-order chi connectivity index (χ1) is 8.55. The molecule has 0 aliphatic rings. The van der Waals surface area contributed by atoms with E-state index in [-0.39, 0.29) is 10.9 Å². The zero-order valence-corrected chi connectivity index (χ0v) is 11.3. The van der Waals surface area contributed by atoms with Gasteiger partial charge in [0.1, 0.15) is 4.90 Å². The van der Waals surface area contributed by atoms with E-state index >= 15 is 0 Å². The maximum Gasteiger partial charge on any atom is 0.242 e. The van der Waals surface area contributed by atoms with E-state index in [1.54, 1.807) is 25.3 Å². The number of hydrogen-bond acceptors (Lipinski definition) is 5. The van der Waals surface area contributed by atoms with Crippen molar-refractivity contribution in [1.82, 2.24) is 4.72 Å². The molecule has 1 unspecified atom stereocenters. The number of hydrogen-bond donors (Lipinski definition) is 3. The van der Waals surface area contributed by atoms with Crippen LogP contribution in [0.2, 0.25) is 0 Å². The molecule has 0 aromatic heterocycles. The molecule has 1 rings (SSSR count). The van der Waals surface area contributed by atoms with Crippen molar-refractivity contribution in [1.29, 1.82) is 0 Å². The van der Waals surface area contributed by atoms with Crippen LogP contribution in [0.15, 0.2) is 29.2 Å². The lowest BCUT2D eigenvalue weighted by molar-refractivity contribution is 0.187. The van der Waals surface area contributed by atoms with E-state index in [0.717, 1.165) is 0 Å². The monoisotopic (exact) mass is 273 g/mol. The van der Waals surface area contributed by atoms with Crippen molar-refractivity contribution in [2.24, 2.45) is 5.73 Å². The summed E-state index contributed by atoms with van der Waals surface area (Å²) in [6.45, 7) is 0.756. The van der Waals surface area contributed by atoms with Gasteiger partial charge in [-0.25, -0.2) is 13.1 Å². The Bertz CT molecular complexity index is 476. The third kappa shape index (κ3) is 3.67. The van der Waals surface area contributed by atoms with Crippen LogP contribution in [0.3, 0.4) is 0 Å². The average molecular weight is 273 g/mol. The standard InChI is InChI=1S/C11H19N3O3S/c1-13-18(15,16)11-6-4-3-5-10(11)14-9(7-12)8-17-2/h3-6,9,13-14H,7-8,12H2,1-2H3. The zero-order valence-electron chi connectivity index (χ0n) is 10.5. The first-order valence-corrected chi connectivity index (χ1v) is 7.01. The van der Waals surface area contributed by atoms with Crippen molar-refractivity contribution < 1.29 is 13.2 Å². The molecule has 0 amide bonds. The second-order valence-corrected chi connectivity index (χ2v) is 5.59. The molecule has 0 saturated heterocycles. The van der Waals surface area contributed by atoms with E-state index in [1.807, 2.05) is 0 Å². The Hall–Kier alpha value is -1.15. The summed E-state index contributed by atoms with van der Waals surface area (Å²) in [5, 5.41) is 3.07. The summed E-state index contributed by atoms with van der Waals surface area (Å²) in [6, 6.07) is 6.53. The molecular formula is C11H19N3O3S. The fourth-order valence-electron chi connectivity index (χ4n) is 1.52. The van der Waals surface area contributed by atoms with Gasteiger partial charge in [0, 0.05) is 13.7 Å². The third-order valence-corrected chi connectivity index (χ3v) is 3.93. The van der Waals surface area contributed by atoms with Crippen LogP contribution in [0.1, 0.15) is 0 Å². The highest BCUT2D eigenvalue weighted by Gasteiger charge is 2.17. The number of anilines is 1. The van der Waals surface area contributed by atoms with E-state index in [4.69, 9.17) is 10.5 Å². The fourth-order valence-corrected chi connectivity index (χ4v) is 2.41. The Kier molecular flexibility index (Phi) is 5.54. The van der Waals surface area contributed by atoms with Gasteiger partial charge in [0.2, 0.25) is 10.0 Å². The molecule has 1 aromatic carbocycles. The van der Waals surface area contributed by atoms with Gasteiger partial charge in [-0.3, -0.25) is 0 Å². The normalized spacial score (nSPS) is 13.3. The lowest BCUT2D eigenvalue weighted by Gasteiger charge is -2.19. The van der Waals surface area contributed by atoms with E-state index in [9.17, 15) is 8.42 Å². The second kappa shape index (κ2) is 6.69. The van der Waals surface area contributed by atoms with Crippen molar-refractivity contribution in [3.63, 3.8) is 0 Å². The van der Waals surface area contributed by atoms with E-state index in [0.29, 0.717) is 18.8 Å². The van der Waals surface area contributed by atoms with Crippen molar-refractivity contribution in [2.45, 2.75) is 10.9 Å². The van der Waals surface area contributed by atoms with Gasteiger partial charge in [0.15, 0.2) is 0 Å². The van der Waals surface area contributed by atoms with Crippen LogP contribution in [0.25, 0.3) is 0 Å². The summed E-state index contributed by atoms with van der Waals surface area (Å²) in [6.07, 6.45) is 0. The lowest BCUT2D eigenvalue weighted by atomic mass is 10.2. The van der Waals surface area contributed by atoms with Gasteiger partial charge >= 0.3 is 0 Å². The number of nitrogens with two attached hydrogens (primary N) is 1. The number of nitrogens with one attached hydrogen (secondary N) is 2. The smallest absolute Gasteiger partial charge is 0.242 e. The minimum Gasteiger partial charge on any atom is -0.383 e. The number of para-hydroxylation sites is 1. The van der Waals surface area contributed by atoms with Crippen LogP contribution in [0, 0.1) is 0 Å². The summed E-state index contributed by atoms with van der Waals surface area (Å²) in [5.41, 5.74) is 6.10. The Balaban J connectivity index is 3.03. The van der Waals surface area contributed by atoms with Crippen molar-refractivity contribution in [3.8, 4) is 0 Å². The number of sulfonamides is 1. The molecule has 102 valence electrons. The SMILES string of the molecule is CNS(=O)(=O)c1ccccc1NC(CN)COC. The van der Waals surface area contributed by atoms with Crippen molar-refractivity contribution in [2.75, 3.05) is 32.6 Å². The molecule has 0 spiro atoms. The van der Waals surface area contributed by atoms with Crippen molar-refractivity contribution >= 4 is 15.7 Å². The van der Waals surface area contributed by atoms with Crippen LogP contribution in [-0.4, -0.2) is 41.8 Å². The highest BCUT2D eigenvalue weighted by Crippen LogP contribution is 2.20. The second-order valence-electron chi connectivity index (χ2n) is 3.74. The van der Waals surface area contributed by atoms with Gasteiger partial charge in [0.05, 0.1) is 18.3 Å². The molecule has 18 heavy (non-hydrogen) atoms. The summed E-state index contributed by atoms with van der Waals surface area (Å²) in [7, 11) is -0.545. The summed E-state index contributed by atoms with van der Waals surface area (Å²) in [5.74, 6) is 0. The Morgan fingerprint density at radius 3 is 2.61 bits per heavy atom. The van der Waals surface area contributed by atoms with E-state index in [1.165, 1.54) is 13.1 Å². The van der Waals surface area contributed by atoms with Crippen LogP contribution < -0.4 is 15.8 Å². The quantitative estimate of drug-likeness (QED) is 0.649. The topological polar surface area (TPSA) is 93.5 Å². The summed E-state index contributed by atoms with van der Waals surface area (Å²) in [4.78, 5) is 0.196. The van der Waals surface area contributed by atoms with Gasteiger partial charge in [-0.05, 0) is 19.2 Å². The molecule has 0 bridgehead atoms. The maximum absolute atomic E-state index is 11.8. The zero-order chi connectivity index (χ0) is 13.6. The molecule has 0 aliphatic carbocycles. The minimum absolute atomic E-state index is 0.136. The molecule has 0 aliphatic heterocycles. The van der Waals surface area contributed by atoms with Gasteiger partial charge in [-0.15, -0.1) is 0 Å². The average Bonchev–Trinajstić information content (AvgIpc) is 2.38. The number of rotatable bonds is 7. The first kappa shape index (κ1) is 14.9. The molecule has 1 aromatic rings. The number of methoxy groups -OCH3 is 1. The molecule has 0 saturated carbocycles. The molecule has 0 radical (unpaired) electrons. The molecular weight excluding hydrogens is 254 g/mol. The Morgan fingerprint density at radius 2 is 2.06 bits per heavy atom. The highest BCUT2D eigenvalue weighted by molar-refractivity contribution is 7.89. The van der Waals surface area contributed by atoms with E-state index in [2.05, 4.69) is 10.0 Å². The fraction of sp³-hybridized carbons (Fsp3) is 0.455. The predicted octanol–water partition coefficient (Wildman–Crippen LogP) is -0.0197. The molecule has 0 fully saturated rings. The minimum atomic E-state index is -3.49. The van der Waals surface area contributed by atoms with Crippen LogP contribution in [-0.2, 0) is 14.8 Å². The summed E-state index contributed by atoms with van der Waals surface area (Å²) < 4.78 is 31.0. The largest absolute Gasteiger partial charge is 0.383 e. The highest BCUT2D eigenvalue weighted by atomic mass is 32.2. The predicted molar refractivity (Wildman–Crippen MR) is 71.0 cm³/mol. The first-order valence-electron chi connectivity index (χ1n) is 5.53. The molecule has 4 N–H and O–H groups in total. The Labute approximate surface area is 108 Å². The summed E-state index contributed by atoms with van der Waals surface area (Å²) >= 11 is 0. The van der Waals surface area contributed by atoms with Gasteiger partial charge in [0.25, 0.3) is 0 Å². The number of ether oxygens (including phenoxy) is 1. The van der Waals surface area contributed by atoms with E-state index < -0.39 is 10.0 Å². The van der Waals surface area contributed by atoms with Gasteiger partial charge in [-0.2, -0.15) is 0 Å². The van der Waals surface area contributed by atoms with Crippen molar-refractivity contribution in [3.05, 3.63) is 24.3 Å². The Morgan fingerprint density at radius 1 is 1.39 bits per heavy atom. The molecule has 7 heteroatoms. The van der Waals surface area contributed by atoms with Crippen LogP contribution >= 0.6 is 0 Å². The molecule has 6 nitrogen and oxygen atoms in total. The lowest BCUT2D eigenvalue weighted by Crippen LogP contribution is -2.34. The molecule has 0 heterocycles. The third-order valence-electron chi connectivity index (χ3n) is 2.46. The maximum atomic E-state index is 11.8. The molecule has 1 atom stereocenters. The van der Waals surface area contributed by atoms with Gasteiger partial charge < -0.3 is 15.8 Å². The van der Waals surface area contributed by atoms with Crippen LogP contribution in [0.4, 0.5) is 5.69 Å². The van der Waals surface area contributed by atoms with Crippen LogP contribution in [0.5, 0.6) is 0 Å². The number of benzene rings is 1.